The van der Waals surface area contributed by atoms with Crippen LogP contribution in [0, 0.1) is 5.92 Å². The van der Waals surface area contributed by atoms with Gasteiger partial charge >= 0.3 is 0 Å². The number of hydrogen-bond acceptors (Lipinski definition) is 4. The summed E-state index contributed by atoms with van der Waals surface area (Å²) in [6.45, 7) is 5.92. The van der Waals surface area contributed by atoms with E-state index < -0.39 is 16.1 Å². The van der Waals surface area contributed by atoms with Crippen molar-refractivity contribution in [2.75, 3.05) is 0 Å². The Morgan fingerprint density at radius 2 is 1.76 bits per heavy atom. The molecule has 0 fully saturated rings. The highest BCUT2D eigenvalue weighted by Crippen LogP contribution is 2.24. The summed E-state index contributed by atoms with van der Waals surface area (Å²) in [6, 6.07) is 13.5. The largest absolute Gasteiger partial charge is 0.348 e. The molecule has 2 unspecified atom stereocenters. The third kappa shape index (κ3) is 5.05. The number of nitrogens with zero attached hydrogens (tertiary/aromatic N) is 1. The van der Waals surface area contributed by atoms with Gasteiger partial charge in [0.15, 0.2) is 0 Å². The van der Waals surface area contributed by atoms with E-state index in [9.17, 15) is 13.2 Å². The molecule has 0 saturated carbocycles. The SMILES string of the molecule is CC(C)CC(N=C1NS(=O)(=O)c2ccccc21)C(=O)NC(C)c1ccc(Br)cc1. The zero-order valence-electron chi connectivity index (χ0n) is 16.5. The summed E-state index contributed by atoms with van der Waals surface area (Å²) in [5.41, 5.74) is 1.47. The van der Waals surface area contributed by atoms with Gasteiger partial charge in [-0.3, -0.25) is 14.5 Å². The molecule has 0 aliphatic carbocycles. The first-order valence-electron chi connectivity index (χ1n) is 9.43. The maximum atomic E-state index is 13.0. The second-order valence-electron chi connectivity index (χ2n) is 7.51. The van der Waals surface area contributed by atoms with Crippen LogP contribution in [0.5, 0.6) is 0 Å². The second kappa shape index (κ2) is 8.67. The number of aliphatic imine (C=N–C) groups is 1. The first-order chi connectivity index (χ1) is 13.7. The monoisotopic (exact) mass is 477 g/mol. The Morgan fingerprint density at radius 1 is 1.10 bits per heavy atom. The zero-order chi connectivity index (χ0) is 21.2. The van der Waals surface area contributed by atoms with E-state index in [2.05, 4.69) is 31.0 Å². The van der Waals surface area contributed by atoms with E-state index in [0.29, 0.717) is 12.0 Å². The smallest absolute Gasteiger partial charge is 0.263 e. The van der Waals surface area contributed by atoms with E-state index in [1.54, 1.807) is 18.2 Å². The molecule has 1 aliphatic rings. The van der Waals surface area contributed by atoms with Gasteiger partial charge < -0.3 is 5.32 Å². The zero-order valence-corrected chi connectivity index (χ0v) is 18.9. The highest BCUT2D eigenvalue weighted by molar-refractivity contribution is 9.10. The molecule has 0 spiro atoms. The van der Waals surface area contributed by atoms with Crippen LogP contribution in [-0.2, 0) is 14.8 Å². The lowest BCUT2D eigenvalue weighted by atomic mass is 10.0. The molecule has 2 N–H and O–H groups in total. The van der Waals surface area contributed by atoms with Crippen molar-refractivity contribution in [2.45, 2.75) is 44.2 Å². The maximum absolute atomic E-state index is 13.0. The molecule has 1 amide bonds. The molecule has 1 heterocycles. The van der Waals surface area contributed by atoms with Crippen LogP contribution in [0.3, 0.4) is 0 Å². The Bertz CT molecular complexity index is 1030. The molecule has 0 saturated heterocycles. The van der Waals surface area contributed by atoms with Crippen LogP contribution < -0.4 is 10.0 Å². The number of nitrogens with one attached hydrogen (secondary N) is 2. The first-order valence-corrected chi connectivity index (χ1v) is 11.7. The highest BCUT2D eigenvalue weighted by atomic mass is 79.9. The van der Waals surface area contributed by atoms with Crippen LogP contribution >= 0.6 is 15.9 Å². The number of fused-ring (bicyclic) bond motifs is 1. The summed E-state index contributed by atoms with van der Waals surface area (Å²) in [5.74, 6) is 0.203. The van der Waals surface area contributed by atoms with Gasteiger partial charge in [0.2, 0.25) is 5.91 Å². The average molecular weight is 478 g/mol. The molecule has 2 aromatic rings. The Hall–Kier alpha value is -2.19. The number of halogens is 1. The minimum absolute atomic E-state index is 0.186. The van der Waals surface area contributed by atoms with Crippen molar-refractivity contribution >= 4 is 37.7 Å². The predicted molar refractivity (Wildman–Crippen MR) is 117 cm³/mol. The molecule has 1 aliphatic heterocycles. The quantitative estimate of drug-likeness (QED) is 0.663. The third-order valence-corrected chi connectivity index (χ3v) is 6.60. The van der Waals surface area contributed by atoms with Gasteiger partial charge in [-0.05, 0) is 49.1 Å². The lowest BCUT2D eigenvalue weighted by Crippen LogP contribution is -2.37. The van der Waals surface area contributed by atoms with Crippen molar-refractivity contribution in [1.82, 2.24) is 10.0 Å². The lowest BCUT2D eigenvalue weighted by molar-refractivity contribution is -0.123. The number of carbonyl (C=O) groups excluding carboxylic acids is 1. The van der Waals surface area contributed by atoms with Gasteiger partial charge in [0, 0.05) is 10.0 Å². The predicted octanol–water partition coefficient (Wildman–Crippen LogP) is 3.78. The molecule has 29 heavy (non-hydrogen) atoms. The van der Waals surface area contributed by atoms with Gasteiger partial charge in [-0.2, -0.15) is 0 Å². The molecule has 2 aromatic carbocycles. The van der Waals surface area contributed by atoms with E-state index in [1.807, 2.05) is 45.0 Å². The van der Waals surface area contributed by atoms with Gasteiger partial charge in [-0.15, -0.1) is 0 Å². The van der Waals surface area contributed by atoms with Crippen molar-refractivity contribution < 1.29 is 13.2 Å². The molecular weight excluding hydrogens is 454 g/mol. The van der Waals surface area contributed by atoms with Crippen LogP contribution in [0.15, 0.2) is 62.9 Å². The van der Waals surface area contributed by atoms with Gasteiger partial charge in [0.25, 0.3) is 10.0 Å². The summed E-state index contributed by atoms with van der Waals surface area (Å²) in [7, 11) is -3.64. The molecule has 6 nitrogen and oxygen atoms in total. The Morgan fingerprint density at radius 3 is 2.41 bits per heavy atom. The number of sulfonamides is 1. The average Bonchev–Trinajstić information content (AvgIpc) is 2.92. The summed E-state index contributed by atoms with van der Waals surface area (Å²) >= 11 is 3.41. The highest BCUT2D eigenvalue weighted by Gasteiger charge is 2.32. The van der Waals surface area contributed by atoms with E-state index in [4.69, 9.17) is 0 Å². The van der Waals surface area contributed by atoms with Crippen LogP contribution in [0.25, 0.3) is 0 Å². The Balaban J connectivity index is 1.86. The van der Waals surface area contributed by atoms with Crippen LogP contribution in [0.1, 0.15) is 44.4 Å². The van der Waals surface area contributed by atoms with Gasteiger partial charge in [0.05, 0.1) is 10.9 Å². The van der Waals surface area contributed by atoms with Crippen molar-refractivity contribution in [3.8, 4) is 0 Å². The Labute approximate surface area is 180 Å². The molecule has 2 atom stereocenters. The van der Waals surface area contributed by atoms with Gasteiger partial charge in [-0.25, -0.2) is 8.42 Å². The minimum atomic E-state index is -3.64. The fourth-order valence-corrected chi connectivity index (χ4v) is 4.70. The topological polar surface area (TPSA) is 87.6 Å². The molecule has 8 heteroatoms. The van der Waals surface area contributed by atoms with Crippen LogP contribution in [-0.4, -0.2) is 26.2 Å². The lowest BCUT2D eigenvalue weighted by Gasteiger charge is -2.20. The maximum Gasteiger partial charge on any atom is 0.263 e. The number of carbonyl (C=O) groups is 1. The number of amides is 1. The number of amidine groups is 1. The number of hydrogen-bond donors (Lipinski definition) is 2. The standard InChI is InChI=1S/C21H24BrN3O3S/c1-13(2)12-18(21(26)23-14(3)15-8-10-16(22)11-9-15)24-20-17-6-4-5-7-19(17)29(27,28)25-20/h4-11,13-14,18H,12H2,1-3H3,(H,23,26)(H,24,25). The molecule has 0 bridgehead atoms. The van der Waals surface area contributed by atoms with Gasteiger partial charge in [0.1, 0.15) is 11.9 Å². The minimum Gasteiger partial charge on any atom is -0.348 e. The summed E-state index contributed by atoms with van der Waals surface area (Å²) in [5, 5.41) is 3.00. The van der Waals surface area contributed by atoms with Crippen molar-refractivity contribution in [3.05, 3.63) is 64.1 Å². The molecule has 0 radical (unpaired) electrons. The Kier molecular flexibility index (Phi) is 6.43. The summed E-state index contributed by atoms with van der Waals surface area (Å²) < 4.78 is 28.1. The van der Waals surface area contributed by atoms with Crippen LogP contribution in [0.4, 0.5) is 0 Å². The molecule has 0 aromatic heterocycles. The van der Waals surface area contributed by atoms with Crippen molar-refractivity contribution in [1.29, 1.82) is 0 Å². The summed E-state index contributed by atoms with van der Waals surface area (Å²) in [6.07, 6.45) is 0.506. The fraction of sp³-hybridized carbons (Fsp3) is 0.333. The fourth-order valence-electron chi connectivity index (χ4n) is 3.19. The van der Waals surface area contributed by atoms with Gasteiger partial charge in [-0.1, -0.05) is 54.0 Å². The summed E-state index contributed by atoms with van der Waals surface area (Å²) in [4.78, 5) is 17.7. The van der Waals surface area contributed by atoms with E-state index in [0.717, 1.165) is 10.0 Å². The first kappa shape index (κ1) is 21.5. The van der Waals surface area contributed by atoms with Crippen molar-refractivity contribution in [3.63, 3.8) is 0 Å². The third-order valence-electron chi connectivity index (χ3n) is 4.67. The molecular formula is C21H24BrN3O3S. The van der Waals surface area contributed by atoms with E-state index in [1.165, 1.54) is 6.07 Å². The number of benzene rings is 2. The second-order valence-corrected chi connectivity index (χ2v) is 10.1. The molecule has 3 rings (SSSR count). The number of rotatable bonds is 6. The van der Waals surface area contributed by atoms with E-state index >= 15 is 0 Å². The van der Waals surface area contributed by atoms with Crippen LogP contribution in [0.2, 0.25) is 0 Å². The normalized spacial score (nSPS) is 18.2. The molecule has 154 valence electrons. The van der Waals surface area contributed by atoms with E-state index in [-0.39, 0.29) is 28.6 Å². The van der Waals surface area contributed by atoms with Crippen molar-refractivity contribution in [2.24, 2.45) is 10.9 Å².